The number of hydrogen-bond donors (Lipinski definition) is 1. The van der Waals surface area contributed by atoms with Gasteiger partial charge in [-0.3, -0.25) is 0 Å². The van der Waals surface area contributed by atoms with Crippen molar-refractivity contribution >= 4 is 11.6 Å². The highest BCUT2D eigenvalue weighted by Gasteiger charge is 2.15. The van der Waals surface area contributed by atoms with Crippen molar-refractivity contribution in [3.05, 3.63) is 70.2 Å². The summed E-state index contributed by atoms with van der Waals surface area (Å²) in [5, 5.41) is 13.3. The minimum atomic E-state index is 0.257. The van der Waals surface area contributed by atoms with Crippen molar-refractivity contribution in [2.75, 3.05) is 0 Å². The first-order valence-electron chi connectivity index (χ1n) is 7.08. The summed E-state index contributed by atoms with van der Waals surface area (Å²) in [7, 11) is 0. The zero-order valence-corrected chi connectivity index (χ0v) is 13.1. The minimum Gasteiger partial charge on any atom is -0.306 e. The molecule has 3 heteroatoms. The second-order valence-corrected chi connectivity index (χ2v) is 5.90. The zero-order chi connectivity index (χ0) is 15.2. The van der Waals surface area contributed by atoms with E-state index in [1.54, 1.807) is 0 Å². The number of hydrogen-bond acceptors (Lipinski definition) is 2. The summed E-state index contributed by atoms with van der Waals surface area (Å²) in [6.07, 6.45) is 0. The van der Waals surface area contributed by atoms with Crippen LogP contribution in [-0.4, -0.2) is 0 Å². The molecule has 0 bridgehead atoms. The Labute approximate surface area is 131 Å². The van der Waals surface area contributed by atoms with Crippen LogP contribution in [0, 0.1) is 17.2 Å². The largest absolute Gasteiger partial charge is 0.306 e. The summed E-state index contributed by atoms with van der Waals surface area (Å²) < 4.78 is 0. The predicted octanol–water partition coefficient (Wildman–Crippen LogP) is 4.70. The molecule has 0 radical (unpaired) electrons. The van der Waals surface area contributed by atoms with E-state index in [-0.39, 0.29) is 6.04 Å². The van der Waals surface area contributed by atoms with Gasteiger partial charge in [0.15, 0.2) is 0 Å². The first-order chi connectivity index (χ1) is 10.1. The molecule has 108 valence electrons. The molecule has 1 unspecified atom stereocenters. The van der Waals surface area contributed by atoms with Crippen LogP contribution >= 0.6 is 11.6 Å². The van der Waals surface area contributed by atoms with E-state index in [1.165, 1.54) is 5.56 Å². The van der Waals surface area contributed by atoms with Gasteiger partial charge < -0.3 is 5.32 Å². The number of rotatable bonds is 5. The van der Waals surface area contributed by atoms with Gasteiger partial charge in [-0.25, -0.2) is 0 Å². The third-order valence-corrected chi connectivity index (χ3v) is 3.73. The molecule has 2 aromatic carbocycles. The number of nitrogens with zero attached hydrogens (tertiary/aromatic N) is 1. The second kappa shape index (κ2) is 7.26. The zero-order valence-electron chi connectivity index (χ0n) is 12.3. The van der Waals surface area contributed by atoms with E-state index in [0.717, 1.165) is 17.1 Å². The second-order valence-electron chi connectivity index (χ2n) is 5.47. The van der Waals surface area contributed by atoms with Crippen LogP contribution in [-0.2, 0) is 6.54 Å². The Morgan fingerprint density at radius 3 is 2.48 bits per heavy atom. The topological polar surface area (TPSA) is 35.8 Å². The van der Waals surface area contributed by atoms with Crippen LogP contribution in [0.15, 0.2) is 48.5 Å². The molecular weight excluding hydrogens is 280 g/mol. The first-order valence-corrected chi connectivity index (χ1v) is 7.46. The maximum atomic E-state index is 8.95. The molecule has 2 aromatic rings. The molecule has 1 atom stereocenters. The van der Waals surface area contributed by atoms with E-state index in [4.69, 9.17) is 16.9 Å². The Morgan fingerprint density at radius 1 is 1.14 bits per heavy atom. The van der Waals surface area contributed by atoms with Crippen LogP contribution in [0.1, 0.15) is 36.6 Å². The number of benzene rings is 2. The lowest BCUT2D eigenvalue weighted by molar-refractivity contribution is 0.410. The van der Waals surface area contributed by atoms with Crippen LogP contribution < -0.4 is 5.32 Å². The quantitative estimate of drug-likeness (QED) is 0.868. The molecular formula is C18H19ClN2. The summed E-state index contributed by atoms with van der Waals surface area (Å²) in [6.45, 7) is 5.12. The Morgan fingerprint density at radius 2 is 1.86 bits per heavy atom. The first kappa shape index (κ1) is 15.6. The van der Waals surface area contributed by atoms with Crippen molar-refractivity contribution < 1.29 is 0 Å². The Bertz CT molecular complexity index is 626. The van der Waals surface area contributed by atoms with Gasteiger partial charge in [0, 0.05) is 17.6 Å². The Kier molecular flexibility index (Phi) is 5.38. The molecule has 0 fully saturated rings. The summed E-state index contributed by atoms with van der Waals surface area (Å²) in [5.41, 5.74) is 3.04. The van der Waals surface area contributed by atoms with Crippen LogP contribution in [0.4, 0.5) is 0 Å². The average molecular weight is 299 g/mol. The molecule has 0 amide bonds. The normalized spacial score (nSPS) is 12.1. The molecule has 0 aliphatic heterocycles. The van der Waals surface area contributed by atoms with Crippen molar-refractivity contribution in [3.63, 3.8) is 0 Å². The minimum absolute atomic E-state index is 0.257. The summed E-state index contributed by atoms with van der Waals surface area (Å²) in [5.74, 6) is 0.463. The lowest BCUT2D eigenvalue weighted by Gasteiger charge is -2.23. The molecule has 2 rings (SSSR count). The van der Waals surface area contributed by atoms with Gasteiger partial charge in [0.05, 0.1) is 11.6 Å². The smallest absolute Gasteiger partial charge is 0.0991 e. The maximum Gasteiger partial charge on any atom is 0.0991 e. The fraction of sp³-hybridized carbons (Fsp3) is 0.278. The number of nitrogens with one attached hydrogen (secondary N) is 1. The van der Waals surface area contributed by atoms with E-state index in [9.17, 15) is 0 Å². The summed E-state index contributed by atoms with van der Waals surface area (Å²) in [4.78, 5) is 0. The van der Waals surface area contributed by atoms with Crippen molar-refractivity contribution in [1.82, 2.24) is 5.32 Å². The van der Waals surface area contributed by atoms with E-state index < -0.39 is 0 Å². The van der Waals surface area contributed by atoms with Gasteiger partial charge in [0.1, 0.15) is 0 Å². The highest BCUT2D eigenvalue weighted by atomic mass is 35.5. The van der Waals surface area contributed by atoms with Crippen molar-refractivity contribution in [3.8, 4) is 6.07 Å². The highest BCUT2D eigenvalue weighted by molar-refractivity contribution is 6.30. The van der Waals surface area contributed by atoms with Crippen molar-refractivity contribution in [2.24, 2.45) is 5.92 Å². The lowest BCUT2D eigenvalue weighted by atomic mass is 9.95. The SMILES string of the molecule is CC(C)C(NCc1cccc(C#N)c1)c1ccc(Cl)cc1. The molecule has 0 spiro atoms. The molecule has 0 aliphatic carbocycles. The Balaban J connectivity index is 2.10. The summed E-state index contributed by atoms with van der Waals surface area (Å²) >= 11 is 5.95. The molecule has 0 aliphatic rings. The molecule has 21 heavy (non-hydrogen) atoms. The van der Waals surface area contributed by atoms with E-state index in [1.807, 2.05) is 36.4 Å². The third kappa shape index (κ3) is 4.32. The lowest BCUT2D eigenvalue weighted by Crippen LogP contribution is -2.25. The van der Waals surface area contributed by atoms with Gasteiger partial charge in [-0.15, -0.1) is 0 Å². The van der Waals surface area contributed by atoms with Gasteiger partial charge in [0.25, 0.3) is 0 Å². The molecule has 0 aromatic heterocycles. The van der Waals surface area contributed by atoms with E-state index in [0.29, 0.717) is 11.5 Å². The summed E-state index contributed by atoms with van der Waals surface area (Å²) in [6, 6.07) is 18.1. The van der Waals surface area contributed by atoms with Crippen LogP contribution in [0.5, 0.6) is 0 Å². The van der Waals surface area contributed by atoms with Crippen molar-refractivity contribution in [1.29, 1.82) is 5.26 Å². The van der Waals surface area contributed by atoms with Gasteiger partial charge in [-0.2, -0.15) is 5.26 Å². The standard InChI is InChI=1S/C18H19ClN2/c1-13(2)18(16-6-8-17(19)9-7-16)21-12-15-5-3-4-14(10-15)11-20/h3-10,13,18,21H,12H2,1-2H3. The highest BCUT2D eigenvalue weighted by Crippen LogP contribution is 2.23. The van der Waals surface area contributed by atoms with Gasteiger partial charge >= 0.3 is 0 Å². The molecule has 0 saturated carbocycles. The fourth-order valence-corrected chi connectivity index (χ4v) is 2.51. The van der Waals surface area contributed by atoms with Crippen LogP contribution in [0.2, 0.25) is 5.02 Å². The van der Waals surface area contributed by atoms with E-state index >= 15 is 0 Å². The van der Waals surface area contributed by atoms with Gasteiger partial charge in [0.2, 0.25) is 0 Å². The monoisotopic (exact) mass is 298 g/mol. The van der Waals surface area contributed by atoms with Crippen LogP contribution in [0.25, 0.3) is 0 Å². The van der Waals surface area contributed by atoms with Gasteiger partial charge in [-0.1, -0.05) is 49.7 Å². The van der Waals surface area contributed by atoms with Crippen LogP contribution in [0.3, 0.4) is 0 Å². The fourth-order valence-electron chi connectivity index (χ4n) is 2.39. The Hall–Kier alpha value is -1.82. The van der Waals surface area contributed by atoms with Crippen molar-refractivity contribution in [2.45, 2.75) is 26.4 Å². The number of halogens is 1. The van der Waals surface area contributed by atoms with Gasteiger partial charge in [-0.05, 0) is 41.3 Å². The maximum absolute atomic E-state index is 8.95. The van der Waals surface area contributed by atoms with E-state index in [2.05, 4.69) is 37.4 Å². The average Bonchev–Trinajstić information content (AvgIpc) is 2.49. The third-order valence-electron chi connectivity index (χ3n) is 3.48. The molecule has 2 nitrogen and oxygen atoms in total. The number of nitriles is 1. The predicted molar refractivity (Wildman–Crippen MR) is 87.0 cm³/mol. The molecule has 1 N–H and O–H groups in total. The molecule has 0 saturated heterocycles. The molecule has 0 heterocycles.